The highest BCUT2D eigenvalue weighted by Crippen LogP contribution is 2.28. The Kier molecular flexibility index (Phi) is 11.1. The molecule has 10 N–H and O–H groups in total. The fraction of sp³-hybridized carbons (Fsp3) is 0.500. The molecule has 0 spiro atoms. The van der Waals surface area contributed by atoms with Crippen molar-refractivity contribution in [3.05, 3.63) is 71.8 Å². The Bertz CT molecular complexity index is 1150. The molecule has 10 atom stereocenters. The van der Waals surface area contributed by atoms with Crippen molar-refractivity contribution in [3.63, 3.8) is 0 Å². The highest BCUT2D eigenvalue weighted by atomic mass is 16.7. The lowest BCUT2D eigenvalue weighted by Crippen LogP contribution is -2.69. The Balaban J connectivity index is 1.38. The summed E-state index contributed by atoms with van der Waals surface area (Å²) in [6.45, 7) is -0.244. The summed E-state index contributed by atoms with van der Waals surface area (Å²) < 4.78 is 22.1. The van der Waals surface area contributed by atoms with Gasteiger partial charge in [0, 0.05) is 12.6 Å². The van der Waals surface area contributed by atoms with Gasteiger partial charge in [-0.3, -0.25) is 0 Å². The number of carbonyl (C=O) groups excluding carboxylic acids is 2. The second-order valence-corrected chi connectivity index (χ2v) is 10.3. The van der Waals surface area contributed by atoms with Gasteiger partial charge in [0.25, 0.3) is 0 Å². The van der Waals surface area contributed by atoms with E-state index < -0.39 is 73.2 Å². The van der Waals surface area contributed by atoms with Crippen molar-refractivity contribution in [2.75, 3.05) is 6.54 Å². The molecule has 2 aliphatic rings. The van der Waals surface area contributed by atoms with E-state index in [9.17, 15) is 30.0 Å². The van der Waals surface area contributed by atoms with Gasteiger partial charge >= 0.3 is 12.2 Å². The summed E-state index contributed by atoms with van der Waals surface area (Å²) >= 11 is 0. The van der Waals surface area contributed by atoms with Crippen molar-refractivity contribution < 1.29 is 49.0 Å². The molecular formula is C28H38N4O10. The fourth-order valence-corrected chi connectivity index (χ4v) is 4.95. The van der Waals surface area contributed by atoms with Gasteiger partial charge in [-0.2, -0.15) is 0 Å². The van der Waals surface area contributed by atoms with Crippen LogP contribution in [0.3, 0.4) is 0 Å². The molecule has 2 aromatic rings. The molecule has 1 saturated carbocycles. The summed E-state index contributed by atoms with van der Waals surface area (Å²) in [5, 5.41) is 47.9. The Morgan fingerprint density at radius 3 is 1.90 bits per heavy atom. The lowest BCUT2D eigenvalue weighted by molar-refractivity contribution is -0.291. The monoisotopic (exact) mass is 590 g/mol. The van der Waals surface area contributed by atoms with Gasteiger partial charge in [-0.05, 0) is 17.5 Å². The number of nitrogens with two attached hydrogens (primary N) is 2. The van der Waals surface area contributed by atoms with Crippen LogP contribution in [-0.4, -0.2) is 100 Å². The van der Waals surface area contributed by atoms with Gasteiger partial charge in [0.1, 0.15) is 55.9 Å². The first-order valence-electron chi connectivity index (χ1n) is 13.6. The summed E-state index contributed by atoms with van der Waals surface area (Å²) in [4.78, 5) is 24.9. The molecule has 0 bridgehead atoms. The summed E-state index contributed by atoms with van der Waals surface area (Å²) in [5.74, 6) is 0. The number of carbonyl (C=O) groups is 2. The zero-order valence-electron chi connectivity index (χ0n) is 22.8. The molecule has 1 heterocycles. The van der Waals surface area contributed by atoms with Crippen molar-refractivity contribution in [1.82, 2.24) is 10.6 Å². The molecule has 0 aromatic heterocycles. The molecule has 14 heteroatoms. The molecule has 4 rings (SSSR count). The number of amides is 2. The number of rotatable bonds is 9. The first kappa shape index (κ1) is 31.6. The van der Waals surface area contributed by atoms with Gasteiger partial charge < -0.3 is 61.5 Å². The lowest BCUT2D eigenvalue weighted by Gasteiger charge is -2.47. The minimum Gasteiger partial charge on any atom is -0.445 e. The summed E-state index contributed by atoms with van der Waals surface area (Å²) in [6.07, 6.45) is -11.7. The van der Waals surface area contributed by atoms with E-state index in [1.807, 2.05) is 12.1 Å². The molecule has 1 aliphatic carbocycles. The quantitative estimate of drug-likeness (QED) is 0.173. The van der Waals surface area contributed by atoms with Crippen molar-refractivity contribution >= 4 is 12.2 Å². The summed E-state index contributed by atoms with van der Waals surface area (Å²) in [5.41, 5.74) is 13.5. The lowest BCUT2D eigenvalue weighted by atomic mass is 9.84. The predicted molar refractivity (Wildman–Crippen MR) is 146 cm³/mol. The van der Waals surface area contributed by atoms with E-state index in [4.69, 9.17) is 30.4 Å². The van der Waals surface area contributed by atoms with Crippen LogP contribution in [0, 0.1) is 0 Å². The van der Waals surface area contributed by atoms with Crippen LogP contribution >= 0.6 is 0 Å². The van der Waals surface area contributed by atoms with Crippen LogP contribution in [0.5, 0.6) is 0 Å². The van der Waals surface area contributed by atoms with Crippen LogP contribution in [0.2, 0.25) is 0 Å². The first-order chi connectivity index (χ1) is 20.2. The Morgan fingerprint density at radius 2 is 1.36 bits per heavy atom. The minimum atomic E-state index is -1.61. The van der Waals surface area contributed by atoms with E-state index >= 15 is 0 Å². The summed E-state index contributed by atoms with van der Waals surface area (Å²) in [6, 6.07) is 14.6. The SMILES string of the molecule is NC[C@H]1O[C@H](O[C@H]2[C@H](O)[C@@H](O)[C@H](NC(=O)OCc3ccccc3)C[C@@H]2N)[C@H](NC(=O)OCc2ccccc2)[C@@H](O)[C@@H]1O. The Hall–Kier alpha value is -3.34. The van der Waals surface area contributed by atoms with Crippen LogP contribution in [0.4, 0.5) is 9.59 Å². The minimum absolute atomic E-state index is 0.00745. The molecule has 2 amide bonds. The third-order valence-corrected chi connectivity index (χ3v) is 7.28. The van der Waals surface area contributed by atoms with Gasteiger partial charge in [0.2, 0.25) is 0 Å². The van der Waals surface area contributed by atoms with Gasteiger partial charge in [-0.1, -0.05) is 60.7 Å². The Morgan fingerprint density at radius 1 is 0.810 bits per heavy atom. The Labute approximate surface area is 242 Å². The van der Waals surface area contributed by atoms with E-state index in [1.165, 1.54) is 0 Å². The van der Waals surface area contributed by atoms with Crippen LogP contribution < -0.4 is 22.1 Å². The number of nitrogens with one attached hydrogen (secondary N) is 2. The zero-order chi connectivity index (χ0) is 30.2. The maximum atomic E-state index is 12.6. The van der Waals surface area contributed by atoms with Crippen LogP contribution in [-0.2, 0) is 32.2 Å². The fourth-order valence-electron chi connectivity index (χ4n) is 4.95. The standard InChI is InChI=1S/C28H38N4O10/c29-12-19-22(34)23(35)20(32-28(38)40-14-16-9-5-2-6-10-16)26(41-19)42-25-17(30)11-18(21(33)24(25)36)31-27(37)39-13-15-7-3-1-4-8-15/h1-10,17-26,33-36H,11-14,29-30H2,(H,31,37)(H,32,38)/t17-,18+,19+,20+,21-,22+,23+,24+,25+,26+/m0/s1. The van der Waals surface area contributed by atoms with E-state index in [0.717, 1.165) is 11.1 Å². The van der Waals surface area contributed by atoms with Crippen molar-refractivity contribution in [2.45, 2.75) is 80.7 Å². The predicted octanol–water partition coefficient (Wildman–Crippen LogP) is -1.18. The number of alkyl carbamates (subject to hydrolysis) is 2. The number of hydrogen-bond acceptors (Lipinski definition) is 12. The number of aliphatic hydroxyl groups excluding tert-OH is 4. The second-order valence-electron chi connectivity index (χ2n) is 10.3. The average molecular weight is 591 g/mol. The highest BCUT2D eigenvalue weighted by Gasteiger charge is 2.50. The van der Waals surface area contributed by atoms with Gasteiger partial charge in [-0.25, -0.2) is 9.59 Å². The maximum Gasteiger partial charge on any atom is 0.407 e. The molecule has 1 aliphatic heterocycles. The number of benzene rings is 2. The van der Waals surface area contributed by atoms with Gasteiger partial charge in [0.05, 0.1) is 6.04 Å². The number of ether oxygens (including phenoxy) is 4. The van der Waals surface area contributed by atoms with Crippen LogP contribution in [0.15, 0.2) is 60.7 Å². The van der Waals surface area contributed by atoms with E-state index in [-0.39, 0.29) is 26.2 Å². The number of hydrogen-bond donors (Lipinski definition) is 8. The third kappa shape index (κ3) is 7.93. The van der Waals surface area contributed by atoms with E-state index in [2.05, 4.69) is 10.6 Å². The highest BCUT2D eigenvalue weighted by molar-refractivity contribution is 5.68. The molecule has 0 unspecified atom stereocenters. The molecule has 2 fully saturated rings. The molecule has 230 valence electrons. The summed E-state index contributed by atoms with van der Waals surface area (Å²) in [7, 11) is 0. The molecule has 2 aromatic carbocycles. The average Bonchev–Trinajstić information content (AvgIpc) is 3.00. The zero-order valence-corrected chi connectivity index (χ0v) is 22.8. The van der Waals surface area contributed by atoms with E-state index in [0.29, 0.717) is 0 Å². The van der Waals surface area contributed by atoms with Gasteiger partial charge in [0.15, 0.2) is 6.29 Å². The van der Waals surface area contributed by atoms with Crippen LogP contribution in [0.1, 0.15) is 17.5 Å². The van der Waals surface area contributed by atoms with Crippen molar-refractivity contribution in [1.29, 1.82) is 0 Å². The molecule has 0 radical (unpaired) electrons. The first-order valence-corrected chi connectivity index (χ1v) is 13.6. The number of aliphatic hydroxyl groups is 4. The second kappa shape index (κ2) is 14.7. The topological polar surface area (TPSA) is 228 Å². The third-order valence-electron chi connectivity index (χ3n) is 7.28. The molecular weight excluding hydrogens is 552 g/mol. The smallest absolute Gasteiger partial charge is 0.407 e. The van der Waals surface area contributed by atoms with Crippen molar-refractivity contribution in [2.24, 2.45) is 11.5 Å². The van der Waals surface area contributed by atoms with Crippen molar-refractivity contribution in [3.8, 4) is 0 Å². The van der Waals surface area contributed by atoms with Gasteiger partial charge in [-0.15, -0.1) is 0 Å². The largest absolute Gasteiger partial charge is 0.445 e. The van der Waals surface area contributed by atoms with Crippen LogP contribution in [0.25, 0.3) is 0 Å². The maximum absolute atomic E-state index is 12.6. The normalized spacial score (nSPS) is 32.9. The molecule has 14 nitrogen and oxygen atoms in total. The van der Waals surface area contributed by atoms with E-state index in [1.54, 1.807) is 48.5 Å². The molecule has 1 saturated heterocycles. The molecule has 42 heavy (non-hydrogen) atoms.